The van der Waals surface area contributed by atoms with Crippen LogP contribution in [0.25, 0.3) is 0 Å². The quantitative estimate of drug-likeness (QED) is 0.718. The molecule has 1 atom stereocenters. The number of hydrogen-bond acceptors (Lipinski definition) is 4. The lowest BCUT2D eigenvalue weighted by Gasteiger charge is -2.26. The van der Waals surface area contributed by atoms with Gasteiger partial charge in [0.15, 0.2) is 0 Å². The van der Waals surface area contributed by atoms with Crippen molar-refractivity contribution in [1.82, 2.24) is 10.2 Å². The molecule has 0 saturated carbocycles. The molecular formula is C13H24N2O3. The van der Waals surface area contributed by atoms with Crippen molar-refractivity contribution in [3.63, 3.8) is 0 Å². The Morgan fingerprint density at radius 3 is 2.50 bits per heavy atom. The molecule has 1 fully saturated rings. The number of carbonyl (C=O) groups is 2. The minimum Gasteiger partial charge on any atom is -0.375 e. The second kappa shape index (κ2) is 5.80. The molecule has 18 heavy (non-hydrogen) atoms. The highest BCUT2D eigenvalue weighted by atomic mass is 16.5. The summed E-state index contributed by atoms with van der Waals surface area (Å²) in [5.74, 6) is -0.219. The molecule has 2 amide bonds. The summed E-state index contributed by atoms with van der Waals surface area (Å²) < 4.78 is 5.55. The Balaban J connectivity index is 2.55. The van der Waals surface area contributed by atoms with Crippen molar-refractivity contribution in [2.24, 2.45) is 0 Å². The van der Waals surface area contributed by atoms with Crippen molar-refractivity contribution >= 4 is 11.8 Å². The number of imide groups is 1. The first-order chi connectivity index (χ1) is 8.28. The predicted octanol–water partition coefficient (Wildman–Crippen LogP) is 0.927. The summed E-state index contributed by atoms with van der Waals surface area (Å²) in [4.78, 5) is 25.1. The molecule has 0 aromatic rings. The molecule has 104 valence electrons. The largest absolute Gasteiger partial charge is 0.375 e. The number of nitrogens with one attached hydrogen (secondary N) is 1. The van der Waals surface area contributed by atoms with Gasteiger partial charge in [0.05, 0.1) is 18.1 Å². The zero-order chi connectivity index (χ0) is 13.9. The molecule has 0 aromatic heterocycles. The zero-order valence-corrected chi connectivity index (χ0v) is 11.9. The van der Waals surface area contributed by atoms with Gasteiger partial charge in [0.2, 0.25) is 11.8 Å². The van der Waals surface area contributed by atoms with Gasteiger partial charge >= 0.3 is 0 Å². The fourth-order valence-electron chi connectivity index (χ4n) is 2.16. The van der Waals surface area contributed by atoms with Crippen LogP contribution in [0, 0.1) is 0 Å². The lowest BCUT2D eigenvalue weighted by Crippen LogP contribution is -2.46. The Kier molecular flexibility index (Phi) is 4.87. The van der Waals surface area contributed by atoms with E-state index in [1.807, 2.05) is 34.6 Å². The smallest absolute Gasteiger partial charge is 0.247 e. The van der Waals surface area contributed by atoms with Gasteiger partial charge in [0.25, 0.3) is 0 Å². The van der Waals surface area contributed by atoms with Gasteiger partial charge in [-0.15, -0.1) is 0 Å². The molecular weight excluding hydrogens is 232 g/mol. The maximum Gasteiger partial charge on any atom is 0.247 e. The molecule has 5 nitrogen and oxygen atoms in total. The molecule has 5 heteroatoms. The summed E-state index contributed by atoms with van der Waals surface area (Å²) in [5.41, 5.74) is -0.330. The van der Waals surface area contributed by atoms with E-state index < -0.39 is 6.04 Å². The van der Waals surface area contributed by atoms with E-state index >= 15 is 0 Å². The Bertz CT molecular complexity index is 326. The van der Waals surface area contributed by atoms with E-state index in [0.29, 0.717) is 13.2 Å². The molecule has 1 saturated heterocycles. The van der Waals surface area contributed by atoms with Crippen molar-refractivity contribution in [1.29, 1.82) is 0 Å². The molecule has 1 rings (SSSR count). The van der Waals surface area contributed by atoms with Gasteiger partial charge < -0.3 is 10.1 Å². The van der Waals surface area contributed by atoms with Crippen molar-refractivity contribution in [2.75, 3.05) is 13.2 Å². The van der Waals surface area contributed by atoms with Gasteiger partial charge in [0.1, 0.15) is 0 Å². The first-order valence-electron chi connectivity index (χ1n) is 6.51. The van der Waals surface area contributed by atoms with E-state index in [9.17, 15) is 9.59 Å². The maximum absolute atomic E-state index is 12.0. The molecule has 1 aliphatic heterocycles. The first kappa shape index (κ1) is 15.1. The Morgan fingerprint density at radius 1 is 1.44 bits per heavy atom. The molecule has 0 aromatic carbocycles. The minimum atomic E-state index is -0.403. The summed E-state index contributed by atoms with van der Waals surface area (Å²) in [5, 5.41) is 3.13. The number of ether oxygens (including phenoxy) is 1. The number of amides is 2. The molecule has 1 aliphatic rings. The second-order valence-corrected chi connectivity index (χ2v) is 5.53. The third kappa shape index (κ3) is 3.53. The van der Waals surface area contributed by atoms with Crippen LogP contribution >= 0.6 is 0 Å². The van der Waals surface area contributed by atoms with Gasteiger partial charge in [-0.05, 0) is 34.6 Å². The number of likely N-dealkylation sites (tertiary alicyclic amines) is 1. The van der Waals surface area contributed by atoms with E-state index in [4.69, 9.17) is 4.74 Å². The number of carbonyl (C=O) groups excluding carboxylic acids is 2. The van der Waals surface area contributed by atoms with Gasteiger partial charge in [-0.1, -0.05) is 0 Å². The van der Waals surface area contributed by atoms with Crippen molar-refractivity contribution in [3.8, 4) is 0 Å². The molecule has 0 radical (unpaired) electrons. The average Bonchev–Trinajstić information content (AvgIpc) is 2.51. The third-order valence-corrected chi connectivity index (χ3v) is 3.01. The van der Waals surface area contributed by atoms with Crippen molar-refractivity contribution < 1.29 is 14.3 Å². The SMILES string of the molecule is CCOC(C)(C)CNC1CC(=O)N(C(C)C)C1=O. The van der Waals surface area contributed by atoms with Gasteiger partial charge in [-0.2, -0.15) is 0 Å². The Labute approximate surface area is 109 Å². The summed E-state index contributed by atoms with van der Waals surface area (Å²) in [7, 11) is 0. The van der Waals surface area contributed by atoms with Crippen LogP contribution in [0.4, 0.5) is 0 Å². The number of hydrogen-bond donors (Lipinski definition) is 1. The lowest BCUT2D eigenvalue weighted by atomic mass is 10.1. The van der Waals surface area contributed by atoms with Crippen LogP contribution < -0.4 is 5.32 Å². The molecule has 0 bridgehead atoms. The van der Waals surface area contributed by atoms with Crippen LogP contribution in [0.15, 0.2) is 0 Å². The first-order valence-corrected chi connectivity index (χ1v) is 6.51. The Hall–Kier alpha value is -0.940. The summed E-state index contributed by atoms with van der Waals surface area (Å²) >= 11 is 0. The Morgan fingerprint density at radius 2 is 2.06 bits per heavy atom. The second-order valence-electron chi connectivity index (χ2n) is 5.53. The summed E-state index contributed by atoms with van der Waals surface area (Å²) in [6.07, 6.45) is 0.249. The van der Waals surface area contributed by atoms with Gasteiger partial charge in [-0.3, -0.25) is 14.5 Å². The van der Waals surface area contributed by atoms with Crippen LogP contribution in [-0.2, 0) is 14.3 Å². The molecule has 0 spiro atoms. The highest BCUT2D eigenvalue weighted by Gasteiger charge is 2.40. The minimum absolute atomic E-state index is 0.0725. The van der Waals surface area contributed by atoms with Crippen LogP contribution in [0.5, 0.6) is 0 Å². The third-order valence-electron chi connectivity index (χ3n) is 3.01. The fraction of sp³-hybridized carbons (Fsp3) is 0.846. The monoisotopic (exact) mass is 256 g/mol. The van der Waals surface area contributed by atoms with E-state index in [0.717, 1.165) is 0 Å². The van der Waals surface area contributed by atoms with Gasteiger partial charge in [-0.25, -0.2) is 0 Å². The average molecular weight is 256 g/mol. The van der Waals surface area contributed by atoms with Crippen LogP contribution in [0.1, 0.15) is 41.0 Å². The number of nitrogens with zero attached hydrogens (tertiary/aromatic N) is 1. The lowest BCUT2D eigenvalue weighted by molar-refractivity contribution is -0.140. The highest BCUT2D eigenvalue weighted by Crippen LogP contribution is 2.17. The standard InChI is InChI=1S/C13H24N2O3/c1-6-18-13(4,5)8-14-10-7-11(16)15(9(2)3)12(10)17/h9-10,14H,6-8H2,1-5H3. The van der Waals surface area contributed by atoms with E-state index in [-0.39, 0.29) is 29.9 Å². The topological polar surface area (TPSA) is 58.6 Å². The molecule has 1 heterocycles. The maximum atomic E-state index is 12.0. The normalized spacial score (nSPS) is 21.2. The summed E-state index contributed by atoms with van der Waals surface area (Å²) in [6, 6.07) is -0.476. The van der Waals surface area contributed by atoms with E-state index in [1.54, 1.807) is 0 Å². The summed E-state index contributed by atoms with van der Waals surface area (Å²) in [6.45, 7) is 10.7. The van der Waals surface area contributed by atoms with Crippen LogP contribution in [0.3, 0.4) is 0 Å². The van der Waals surface area contributed by atoms with E-state index in [1.165, 1.54) is 4.90 Å². The molecule has 1 unspecified atom stereocenters. The number of rotatable bonds is 6. The molecule has 0 aliphatic carbocycles. The van der Waals surface area contributed by atoms with Crippen molar-refractivity contribution in [3.05, 3.63) is 0 Å². The fourth-order valence-corrected chi connectivity index (χ4v) is 2.16. The van der Waals surface area contributed by atoms with E-state index in [2.05, 4.69) is 5.32 Å². The van der Waals surface area contributed by atoms with Gasteiger partial charge in [0, 0.05) is 19.2 Å². The zero-order valence-electron chi connectivity index (χ0n) is 11.9. The predicted molar refractivity (Wildman–Crippen MR) is 69.1 cm³/mol. The van der Waals surface area contributed by atoms with Crippen LogP contribution in [-0.4, -0.2) is 47.6 Å². The van der Waals surface area contributed by atoms with Crippen molar-refractivity contribution in [2.45, 2.75) is 58.7 Å². The highest BCUT2D eigenvalue weighted by molar-refractivity contribution is 6.05. The van der Waals surface area contributed by atoms with Crippen LogP contribution in [0.2, 0.25) is 0 Å². The molecule has 1 N–H and O–H groups in total.